The molecular weight excluding hydrogens is 212 g/mol. The lowest BCUT2D eigenvalue weighted by Crippen LogP contribution is -2.23. The monoisotopic (exact) mass is 230 g/mol. The van der Waals surface area contributed by atoms with Gasteiger partial charge >= 0.3 is 0 Å². The smallest absolute Gasteiger partial charge is 0.253 e. The Bertz CT molecular complexity index is 581. The first-order valence-electron chi connectivity index (χ1n) is 5.93. The number of nitrogens with one attached hydrogen (secondary N) is 2. The van der Waals surface area contributed by atoms with Crippen molar-refractivity contribution < 1.29 is 4.79 Å². The van der Waals surface area contributed by atoms with E-state index in [1.165, 1.54) is 5.56 Å². The number of aromatic amines is 1. The van der Waals surface area contributed by atoms with Gasteiger partial charge in [0.25, 0.3) is 5.91 Å². The third kappa shape index (κ3) is 1.82. The van der Waals surface area contributed by atoms with E-state index >= 15 is 0 Å². The van der Waals surface area contributed by atoms with E-state index in [1.54, 1.807) is 0 Å². The molecule has 1 aromatic carbocycles. The SMILES string of the molecule is CCNC(=O)c1c(C)[nH]c2c(C)ccc(C)c12. The van der Waals surface area contributed by atoms with Crippen LogP contribution in [0.1, 0.15) is 34.1 Å². The fraction of sp³-hybridized carbons (Fsp3) is 0.357. The standard InChI is InChI=1S/C14H18N2O/c1-5-15-14(17)12-10(4)16-13-9(3)7-6-8(2)11(12)13/h6-7,16H,5H2,1-4H3,(H,15,17). The molecule has 3 heteroatoms. The Balaban J connectivity index is 2.74. The zero-order valence-corrected chi connectivity index (χ0v) is 10.8. The number of carbonyl (C=O) groups is 1. The van der Waals surface area contributed by atoms with Gasteiger partial charge in [-0.1, -0.05) is 12.1 Å². The minimum absolute atomic E-state index is 0.00458. The third-order valence-electron chi connectivity index (χ3n) is 3.12. The minimum atomic E-state index is 0.00458. The number of benzene rings is 1. The number of aromatic nitrogens is 1. The van der Waals surface area contributed by atoms with Gasteiger partial charge in [-0.25, -0.2) is 0 Å². The van der Waals surface area contributed by atoms with Crippen LogP contribution in [0, 0.1) is 20.8 Å². The van der Waals surface area contributed by atoms with Crippen LogP contribution in [0.5, 0.6) is 0 Å². The van der Waals surface area contributed by atoms with Crippen molar-refractivity contribution >= 4 is 16.8 Å². The molecule has 90 valence electrons. The predicted octanol–water partition coefficient (Wildman–Crippen LogP) is 2.84. The molecule has 0 aliphatic heterocycles. The second kappa shape index (κ2) is 4.24. The minimum Gasteiger partial charge on any atom is -0.358 e. The Morgan fingerprint density at radius 1 is 1.24 bits per heavy atom. The van der Waals surface area contributed by atoms with Crippen molar-refractivity contribution in [1.82, 2.24) is 10.3 Å². The lowest BCUT2D eigenvalue weighted by molar-refractivity contribution is 0.0957. The molecule has 2 aromatic rings. The summed E-state index contributed by atoms with van der Waals surface area (Å²) in [5.74, 6) is 0.00458. The zero-order chi connectivity index (χ0) is 12.6. The first kappa shape index (κ1) is 11.7. The fourth-order valence-corrected chi connectivity index (χ4v) is 2.26. The maximum Gasteiger partial charge on any atom is 0.253 e. The average Bonchev–Trinajstić information content (AvgIpc) is 2.63. The van der Waals surface area contributed by atoms with Crippen molar-refractivity contribution in [2.24, 2.45) is 0 Å². The van der Waals surface area contributed by atoms with Crippen molar-refractivity contribution in [3.63, 3.8) is 0 Å². The number of amides is 1. The Morgan fingerprint density at radius 2 is 1.88 bits per heavy atom. The topological polar surface area (TPSA) is 44.9 Å². The van der Waals surface area contributed by atoms with E-state index in [9.17, 15) is 4.79 Å². The highest BCUT2D eigenvalue weighted by atomic mass is 16.1. The maximum atomic E-state index is 12.1. The average molecular weight is 230 g/mol. The summed E-state index contributed by atoms with van der Waals surface area (Å²) in [6.07, 6.45) is 0. The second-order valence-electron chi connectivity index (χ2n) is 4.43. The van der Waals surface area contributed by atoms with E-state index in [2.05, 4.69) is 29.4 Å². The molecule has 1 aromatic heterocycles. The summed E-state index contributed by atoms with van der Waals surface area (Å²) in [5.41, 5.74) is 5.09. The van der Waals surface area contributed by atoms with E-state index < -0.39 is 0 Å². The number of fused-ring (bicyclic) bond motifs is 1. The number of hydrogen-bond acceptors (Lipinski definition) is 1. The van der Waals surface area contributed by atoms with Crippen LogP contribution in [-0.2, 0) is 0 Å². The molecule has 2 rings (SSSR count). The van der Waals surface area contributed by atoms with Gasteiger partial charge in [-0.2, -0.15) is 0 Å². The van der Waals surface area contributed by atoms with E-state index in [0.29, 0.717) is 6.54 Å². The summed E-state index contributed by atoms with van der Waals surface area (Å²) < 4.78 is 0. The molecule has 0 atom stereocenters. The molecule has 3 nitrogen and oxygen atoms in total. The summed E-state index contributed by atoms with van der Waals surface area (Å²) in [7, 11) is 0. The number of hydrogen-bond donors (Lipinski definition) is 2. The van der Waals surface area contributed by atoms with Crippen LogP contribution in [0.2, 0.25) is 0 Å². The third-order valence-corrected chi connectivity index (χ3v) is 3.12. The van der Waals surface area contributed by atoms with E-state index in [-0.39, 0.29) is 5.91 Å². The van der Waals surface area contributed by atoms with E-state index in [0.717, 1.165) is 27.7 Å². The predicted molar refractivity (Wildman–Crippen MR) is 70.5 cm³/mol. The molecule has 0 saturated heterocycles. The molecular formula is C14H18N2O. The largest absolute Gasteiger partial charge is 0.358 e. The molecule has 1 amide bonds. The first-order chi connectivity index (χ1) is 8.06. The molecule has 1 heterocycles. The molecule has 0 fully saturated rings. The van der Waals surface area contributed by atoms with Crippen LogP contribution >= 0.6 is 0 Å². The summed E-state index contributed by atoms with van der Waals surface area (Å²) >= 11 is 0. The lowest BCUT2D eigenvalue weighted by Gasteiger charge is -2.04. The van der Waals surface area contributed by atoms with Gasteiger partial charge in [-0.05, 0) is 38.8 Å². The number of aryl methyl sites for hydroxylation is 3. The van der Waals surface area contributed by atoms with Crippen molar-refractivity contribution in [3.05, 3.63) is 34.5 Å². The molecule has 0 spiro atoms. The second-order valence-corrected chi connectivity index (χ2v) is 4.43. The molecule has 0 radical (unpaired) electrons. The van der Waals surface area contributed by atoms with E-state index in [4.69, 9.17) is 0 Å². The highest BCUT2D eigenvalue weighted by molar-refractivity contribution is 6.09. The summed E-state index contributed by atoms with van der Waals surface area (Å²) in [5, 5.41) is 3.92. The molecule has 0 bridgehead atoms. The zero-order valence-electron chi connectivity index (χ0n) is 10.8. The van der Waals surface area contributed by atoms with Crippen LogP contribution in [0.15, 0.2) is 12.1 Å². The number of rotatable bonds is 2. The highest BCUT2D eigenvalue weighted by Gasteiger charge is 2.17. The van der Waals surface area contributed by atoms with Crippen LogP contribution in [0.4, 0.5) is 0 Å². The van der Waals surface area contributed by atoms with Gasteiger partial charge in [0.05, 0.1) is 5.56 Å². The summed E-state index contributed by atoms with van der Waals surface area (Å²) in [6, 6.07) is 4.14. The Hall–Kier alpha value is -1.77. The molecule has 17 heavy (non-hydrogen) atoms. The molecule has 2 N–H and O–H groups in total. The summed E-state index contributed by atoms with van der Waals surface area (Å²) in [4.78, 5) is 15.4. The van der Waals surface area contributed by atoms with Gasteiger partial charge in [-0.15, -0.1) is 0 Å². The quantitative estimate of drug-likeness (QED) is 0.818. The van der Waals surface area contributed by atoms with E-state index in [1.807, 2.05) is 20.8 Å². The van der Waals surface area contributed by atoms with Crippen molar-refractivity contribution in [2.45, 2.75) is 27.7 Å². The van der Waals surface area contributed by atoms with Gasteiger partial charge in [0, 0.05) is 23.1 Å². The highest BCUT2D eigenvalue weighted by Crippen LogP contribution is 2.27. The van der Waals surface area contributed by atoms with Gasteiger partial charge in [0.2, 0.25) is 0 Å². The normalized spacial score (nSPS) is 10.8. The summed E-state index contributed by atoms with van der Waals surface area (Å²) in [6.45, 7) is 8.62. The van der Waals surface area contributed by atoms with Gasteiger partial charge in [0.1, 0.15) is 0 Å². The molecule has 0 aliphatic carbocycles. The van der Waals surface area contributed by atoms with Gasteiger partial charge < -0.3 is 10.3 Å². The number of H-pyrrole nitrogens is 1. The first-order valence-corrected chi connectivity index (χ1v) is 5.93. The molecule has 0 unspecified atom stereocenters. The van der Waals surface area contributed by atoms with Gasteiger partial charge in [0.15, 0.2) is 0 Å². The Kier molecular flexibility index (Phi) is 2.92. The Labute approximate surface area is 101 Å². The van der Waals surface area contributed by atoms with Crippen LogP contribution in [-0.4, -0.2) is 17.4 Å². The van der Waals surface area contributed by atoms with Crippen molar-refractivity contribution in [3.8, 4) is 0 Å². The molecule has 0 aliphatic rings. The van der Waals surface area contributed by atoms with Gasteiger partial charge in [-0.3, -0.25) is 4.79 Å². The van der Waals surface area contributed by atoms with Crippen LogP contribution in [0.3, 0.4) is 0 Å². The molecule has 0 saturated carbocycles. The van der Waals surface area contributed by atoms with Crippen molar-refractivity contribution in [2.75, 3.05) is 6.54 Å². The number of carbonyl (C=O) groups excluding carboxylic acids is 1. The lowest BCUT2D eigenvalue weighted by atomic mass is 10.0. The van der Waals surface area contributed by atoms with Crippen LogP contribution in [0.25, 0.3) is 10.9 Å². The van der Waals surface area contributed by atoms with Crippen LogP contribution < -0.4 is 5.32 Å². The fourth-order valence-electron chi connectivity index (χ4n) is 2.26. The maximum absolute atomic E-state index is 12.1. The Morgan fingerprint density at radius 3 is 2.53 bits per heavy atom. The van der Waals surface area contributed by atoms with Crippen molar-refractivity contribution in [1.29, 1.82) is 0 Å².